The monoisotopic (exact) mass is 248 g/mol. The summed E-state index contributed by atoms with van der Waals surface area (Å²) < 4.78 is 9.41. The molecule has 0 aliphatic carbocycles. The standard InChI is InChI=1S/C9H8O2.C6H12O/c1-2-11-9(10)8-6-4-3-5-7-8;1-4-7-5-6(2)3/h2-7H,1H2;4,6H,1,5H2,2-3H3. The van der Waals surface area contributed by atoms with Crippen LogP contribution in [0.15, 0.2) is 56.0 Å². The molecule has 0 radical (unpaired) electrons. The van der Waals surface area contributed by atoms with Crippen LogP contribution < -0.4 is 0 Å². The minimum Gasteiger partial charge on any atom is -0.502 e. The lowest BCUT2D eigenvalue weighted by Crippen LogP contribution is -1.98. The smallest absolute Gasteiger partial charge is 0.342 e. The lowest BCUT2D eigenvalue weighted by Gasteiger charge is -2.00. The van der Waals surface area contributed by atoms with Gasteiger partial charge in [0, 0.05) is 0 Å². The molecule has 1 rings (SSSR count). The highest BCUT2D eigenvalue weighted by Gasteiger charge is 2.01. The fourth-order valence-electron chi connectivity index (χ4n) is 0.978. The number of carbonyl (C=O) groups excluding carboxylic acids is 1. The highest BCUT2D eigenvalue weighted by molar-refractivity contribution is 5.89. The van der Waals surface area contributed by atoms with Crippen molar-refractivity contribution in [3.8, 4) is 0 Å². The summed E-state index contributed by atoms with van der Waals surface area (Å²) in [5.41, 5.74) is 0.535. The molecule has 0 saturated heterocycles. The van der Waals surface area contributed by atoms with Crippen molar-refractivity contribution in [1.29, 1.82) is 0 Å². The molecule has 0 bridgehead atoms. The molecule has 0 amide bonds. The van der Waals surface area contributed by atoms with Crippen LogP contribution in [0.3, 0.4) is 0 Å². The van der Waals surface area contributed by atoms with Crippen molar-refractivity contribution in [3.63, 3.8) is 0 Å². The molecule has 0 heterocycles. The van der Waals surface area contributed by atoms with Gasteiger partial charge in [0.05, 0.1) is 24.7 Å². The first-order valence-electron chi connectivity index (χ1n) is 5.71. The van der Waals surface area contributed by atoms with Crippen LogP contribution in [-0.2, 0) is 9.47 Å². The first-order valence-corrected chi connectivity index (χ1v) is 5.71. The first-order chi connectivity index (χ1) is 8.61. The van der Waals surface area contributed by atoms with E-state index in [4.69, 9.17) is 4.74 Å². The van der Waals surface area contributed by atoms with Crippen molar-refractivity contribution in [2.75, 3.05) is 6.61 Å². The van der Waals surface area contributed by atoms with Crippen LogP contribution in [-0.4, -0.2) is 12.6 Å². The van der Waals surface area contributed by atoms with Crippen LogP contribution in [0, 0.1) is 5.92 Å². The first kappa shape index (κ1) is 16.0. The van der Waals surface area contributed by atoms with Crippen LogP contribution in [0.4, 0.5) is 0 Å². The fourth-order valence-corrected chi connectivity index (χ4v) is 0.978. The van der Waals surface area contributed by atoms with Gasteiger partial charge in [-0.1, -0.05) is 45.2 Å². The molecule has 0 aromatic heterocycles. The van der Waals surface area contributed by atoms with E-state index in [1.165, 1.54) is 6.26 Å². The summed E-state index contributed by atoms with van der Waals surface area (Å²) in [6.45, 7) is 11.7. The highest BCUT2D eigenvalue weighted by atomic mass is 16.5. The van der Waals surface area contributed by atoms with E-state index >= 15 is 0 Å². The largest absolute Gasteiger partial charge is 0.502 e. The SMILES string of the molecule is C=COC(=O)c1ccccc1.C=COCC(C)C. The summed E-state index contributed by atoms with van der Waals surface area (Å²) >= 11 is 0. The Morgan fingerprint density at radius 3 is 2.22 bits per heavy atom. The number of benzene rings is 1. The Morgan fingerprint density at radius 1 is 1.22 bits per heavy atom. The van der Waals surface area contributed by atoms with Crippen molar-refractivity contribution in [2.45, 2.75) is 13.8 Å². The van der Waals surface area contributed by atoms with Gasteiger partial charge < -0.3 is 9.47 Å². The average Bonchev–Trinajstić information content (AvgIpc) is 2.38. The second-order valence-electron chi connectivity index (χ2n) is 3.83. The van der Waals surface area contributed by atoms with E-state index in [1.54, 1.807) is 24.3 Å². The summed E-state index contributed by atoms with van der Waals surface area (Å²) in [5.74, 6) is 0.235. The molecule has 98 valence electrons. The Kier molecular flexibility index (Phi) is 9.00. The lowest BCUT2D eigenvalue weighted by atomic mass is 10.2. The number of hydrogen-bond donors (Lipinski definition) is 0. The molecule has 0 aliphatic rings. The minimum absolute atomic E-state index is 0.374. The predicted molar refractivity (Wildman–Crippen MR) is 73.0 cm³/mol. The third-order valence-electron chi connectivity index (χ3n) is 1.75. The lowest BCUT2D eigenvalue weighted by molar-refractivity contribution is 0.0664. The van der Waals surface area contributed by atoms with E-state index in [1.807, 2.05) is 6.07 Å². The zero-order valence-corrected chi connectivity index (χ0v) is 11.0. The number of esters is 1. The maximum atomic E-state index is 11.0. The van der Waals surface area contributed by atoms with Gasteiger partial charge in [-0.05, 0) is 18.1 Å². The molecule has 3 nitrogen and oxygen atoms in total. The van der Waals surface area contributed by atoms with E-state index in [0.717, 1.165) is 12.9 Å². The topological polar surface area (TPSA) is 35.5 Å². The third-order valence-corrected chi connectivity index (χ3v) is 1.75. The molecule has 1 aromatic carbocycles. The van der Waals surface area contributed by atoms with Gasteiger partial charge in [0.1, 0.15) is 0 Å². The molecule has 18 heavy (non-hydrogen) atoms. The summed E-state index contributed by atoms with van der Waals surface area (Å²) in [7, 11) is 0. The Morgan fingerprint density at radius 2 is 1.83 bits per heavy atom. The number of rotatable bonds is 5. The van der Waals surface area contributed by atoms with Gasteiger partial charge in [-0.2, -0.15) is 0 Å². The molecule has 0 saturated carbocycles. The Hall–Kier alpha value is -2.03. The fraction of sp³-hybridized carbons (Fsp3) is 0.267. The van der Waals surface area contributed by atoms with Crippen molar-refractivity contribution in [2.24, 2.45) is 5.92 Å². The molecule has 0 fully saturated rings. The zero-order chi connectivity index (χ0) is 13.8. The highest BCUT2D eigenvalue weighted by Crippen LogP contribution is 2.00. The van der Waals surface area contributed by atoms with Crippen molar-refractivity contribution < 1.29 is 14.3 Å². The second-order valence-corrected chi connectivity index (χ2v) is 3.83. The molecule has 3 heteroatoms. The van der Waals surface area contributed by atoms with Gasteiger partial charge in [0.15, 0.2) is 0 Å². The van der Waals surface area contributed by atoms with Crippen LogP contribution in [0.5, 0.6) is 0 Å². The number of ether oxygens (including phenoxy) is 2. The quantitative estimate of drug-likeness (QED) is 0.587. The van der Waals surface area contributed by atoms with Gasteiger partial charge in [-0.15, -0.1) is 0 Å². The van der Waals surface area contributed by atoms with Gasteiger partial charge in [0.25, 0.3) is 0 Å². The van der Waals surface area contributed by atoms with Crippen LogP contribution in [0.1, 0.15) is 24.2 Å². The molecule has 0 spiro atoms. The van der Waals surface area contributed by atoms with E-state index in [-0.39, 0.29) is 5.97 Å². The molecule has 0 N–H and O–H groups in total. The summed E-state index contributed by atoms with van der Waals surface area (Å²) in [6.07, 6.45) is 2.59. The Balaban J connectivity index is 0.000000360. The van der Waals surface area contributed by atoms with Crippen molar-refractivity contribution in [3.05, 3.63) is 61.6 Å². The Bertz CT molecular complexity index is 355. The van der Waals surface area contributed by atoms with Crippen molar-refractivity contribution in [1.82, 2.24) is 0 Å². The molecule has 0 unspecified atom stereocenters. The number of carbonyl (C=O) groups is 1. The molecule has 1 aromatic rings. The molecular formula is C15H20O3. The van der Waals surface area contributed by atoms with E-state index in [0.29, 0.717) is 11.5 Å². The van der Waals surface area contributed by atoms with Crippen LogP contribution in [0.2, 0.25) is 0 Å². The third kappa shape index (κ3) is 8.16. The second kappa shape index (κ2) is 10.1. The normalized spacial score (nSPS) is 8.83. The Labute approximate surface area is 109 Å². The van der Waals surface area contributed by atoms with E-state index in [9.17, 15) is 4.79 Å². The average molecular weight is 248 g/mol. The van der Waals surface area contributed by atoms with Crippen LogP contribution in [0.25, 0.3) is 0 Å². The predicted octanol–water partition coefficient (Wildman–Crippen LogP) is 3.79. The summed E-state index contributed by atoms with van der Waals surface area (Å²) in [6, 6.07) is 8.77. The summed E-state index contributed by atoms with van der Waals surface area (Å²) in [4.78, 5) is 11.0. The summed E-state index contributed by atoms with van der Waals surface area (Å²) in [5, 5.41) is 0. The maximum Gasteiger partial charge on any atom is 0.342 e. The van der Waals surface area contributed by atoms with Gasteiger partial charge >= 0.3 is 5.97 Å². The maximum absolute atomic E-state index is 11.0. The van der Waals surface area contributed by atoms with Crippen molar-refractivity contribution >= 4 is 5.97 Å². The van der Waals surface area contributed by atoms with Gasteiger partial charge in [0.2, 0.25) is 0 Å². The van der Waals surface area contributed by atoms with E-state index in [2.05, 4.69) is 31.7 Å². The number of hydrogen-bond acceptors (Lipinski definition) is 3. The molecular weight excluding hydrogens is 228 g/mol. The molecule has 0 aliphatic heterocycles. The van der Waals surface area contributed by atoms with Crippen LogP contribution >= 0.6 is 0 Å². The van der Waals surface area contributed by atoms with Gasteiger partial charge in [-0.25, -0.2) is 4.79 Å². The van der Waals surface area contributed by atoms with Gasteiger partial charge in [-0.3, -0.25) is 0 Å². The molecule has 0 atom stereocenters. The zero-order valence-electron chi connectivity index (χ0n) is 11.0. The minimum atomic E-state index is -0.374. The van der Waals surface area contributed by atoms with E-state index < -0.39 is 0 Å².